The summed E-state index contributed by atoms with van der Waals surface area (Å²) in [4.78, 5) is 34.4. The van der Waals surface area contributed by atoms with Crippen molar-refractivity contribution >= 4 is 33.5 Å². The summed E-state index contributed by atoms with van der Waals surface area (Å²) in [5.41, 5.74) is 3.89. The van der Waals surface area contributed by atoms with Crippen LogP contribution < -0.4 is 21.1 Å². The van der Waals surface area contributed by atoms with Gasteiger partial charge in [0.05, 0.1) is 22.4 Å². The number of rotatable bonds is 6. The van der Waals surface area contributed by atoms with Gasteiger partial charge in [0.25, 0.3) is 5.56 Å². The second-order valence-electron chi connectivity index (χ2n) is 11.1. The van der Waals surface area contributed by atoms with Crippen LogP contribution in [0.25, 0.3) is 22.1 Å². The van der Waals surface area contributed by atoms with E-state index in [1.807, 2.05) is 24.1 Å². The minimum atomic E-state index is -0.370. The highest BCUT2D eigenvalue weighted by molar-refractivity contribution is 5.92. The predicted molar refractivity (Wildman–Crippen MR) is 152 cm³/mol. The lowest BCUT2D eigenvalue weighted by atomic mass is 9.88. The summed E-state index contributed by atoms with van der Waals surface area (Å²) in [6.07, 6.45) is 5.97. The molecule has 0 aliphatic heterocycles. The maximum Gasteiger partial charge on any atom is 0.419 e. The number of fused-ring (bicyclic) bond motifs is 2. The molecule has 2 aliphatic rings. The quantitative estimate of drug-likeness (QED) is 0.364. The molecule has 2 saturated carbocycles. The van der Waals surface area contributed by atoms with E-state index in [0.717, 1.165) is 43.4 Å². The Bertz CT molecular complexity index is 1830. The summed E-state index contributed by atoms with van der Waals surface area (Å²) in [5, 5.41) is 19.4. The molecule has 1 aromatic carbocycles. The number of hydrogen-bond donors (Lipinski definition) is 0. The standard InChI is InChI=1S/C30H31N7O3/c1-34(27-22(16-32)29(38)35(2)23-14-9-19(15-31)33-26(23)27)20-10-12-21(13-11-20)37(17-18-7-8-18)25-6-4-5-24-28(25)40-30(39)36(24)3/h4-6,9,14,18,20-21H,7-8,10-13,17H2,1-3H3. The van der Waals surface area contributed by atoms with Crippen LogP contribution in [-0.4, -0.2) is 39.8 Å². The van der Waals surface area contributed by atoms with Crippen molar-refractivity contribution in [2.75, 3.05) is 23.4 Å². The zero-order chi connectivity index (χ0) is 28.1. The zero-order valence-electron chi connectivity index (χ0n) is 22.9. The molecule has 0 saturated heterocycles. The van der Waals surface area contributed by atoms with Gasteiger partial charge in [-0.15, -0.1) is 0 Å². The first kappa shape index (κ1) is 25.7. The third-order valence-corrected chi connectivity index (χ3v) is 8.71. The average molecular weight is 538 g/mol. The SMILES string of the molecule is CN(c1c(C#N)c(=O)n(C)c2ccc(C#N)nc12)C1CCC(N(CC2CC2)c2cccc3c2oc(=O)n3C)CC1. The van der Waals surface area contributed by atoms with E-state index in [4.69, 9.17) is 4.42 Å². The van der Waals surface area contributed by atoms with Gasteiger partial charge in [-0.1, -0.05) is 6.07 Å². The number of benzene rings is 1. The first-order chi connectivity index (χ1) is 19.3. The summed E-state index contributed by atoms with van der Waals surface area (Å²) >= 11 is 0. The van der Waals surface area contributed by atoms with Gasteiger partial charge >= 0.3 is 5.76 Å². The molecule has 3 aromatic heterocycles. The monoisotopic (exact) mass is 537 g/mol. The van der Waals surface area contributed by atoms with Crippen molar-refractivity contribution in [3.05, 3.63) is 62.5 Å². The summed E-state index contributed by atoms with van der Waals surface area (Å²) in [6.45, 7) is 0.932. The summed E-state index contributed by atoms with van der Waals surface area (Å²) in [7, 11) is 5.27. The van der Waals surface area contributed by atoms with E-state index in [2.05, 4.69) is 28.1 Å². The van der Waals surface area contributed by atoms with Crippen LogP contribution in [0.4, 0.5) is 11.4 Å². The lowest BCUT2D eigenvalue weighted by molar-refractivity contribution is 0.364. The van der Waals surface area contributed by atoms with Gasteiger partial charge in [0.2, 0.25) is 0 Å². The van der Waals surface area contributed by atoms with Gasteiger partial charge in [0, 0.05) is 39.8 Å². The highest BCUT2D eigenvalue weighted by Gasteiger charge is 2.34. The molecule has 204 valence electrons. The Morgan fingerprint density at radius 1 is 0.950 bits per heavy atom. The van der Waals surface area contributed by atoms with Crippen LogP contribution in [0.3, 0.4) is 0 Å². The predicted octanol–water partition coefficient (Wildman–Crippen LogP) is 3.79. The molecular formula is C30H31N7O3. The second-order valence-corrected chi connectivity index (χ2v) is 11.1. The molecule has 10 heteroatoms. The maximum absolute atomic E-state index is 13.1. The largest absolute Gasteiger partial charge is 0.419 e. The van der Waals surface area contributed by atoms with Gasteiger partial charge in [0.1, 0.15) is 28.9 Å². The van der Waals surface area contributed by atoms with Crippen molar-refractivity contribution in [1.29, 1.82) is 10.5 Å². The molecule has 0 spiro atoms. The molecule has 0 amide bonds. The van der Waals surface area contributed by atoms with Gasteiger partial charge in [0.15, 0.2) is 5.58 Å². The van der Waals surface area contributed by atoms with Crippen molar-refractivity contribution in [1.82, 2.24) is 14.1 Å². The first-order valence-electron chi connectivity index (χ1n) is 13.7. The second kappa shape index (κ2) is 9.87. The molecule has 3 heterocycles. The van der Waals surface area contributed by atoms with E-state index >= 15 is 0 Å². The highest BCUT2D eigenvalue weighted by Crippen LogP contribution is 2.39. The van der Waals surface area contributed by atoms with Gasteiger partial charge in [-0.3, -0.25) is 9.36 Å². The van der Waals surface area contributed by atoms with E-state index < -0.39 is 0 Å². The van der Waals surface area contributed by atoms with Gasteiger partial charge in [-0.05, 0) is 68.7 Å². The Hall–Kier alpha value is -4.57. The van der Waals surface area contributed by atoms with Crippen molar-refractivity contribution in [3.8, 4) is 12.1 Å². The van der Waals surface area contributed by atoms with Crippen molar-refractivity contribution in [2.45, 2.75) is 50.6 Å². The molecule has 2 fully saturated rings. The molecule has 6 rings (SSSR count). The third kappa shape index (κ3) is 4.21. The molecule has 0 bridgehead atoms. The van der Waals surface area contributed by atoms with Gasteiger partial charge < -0.3 is 18.8 Å². The fourth-order valence-electron chi connectivity index (χ4n) is 6.22. The molecule has 0 unspecified atom stereocenters. The average Bonchev–Trinajstić information content (AvgIpc) is 3.76. The van der Waals surface area contributed by atoms with Crippen molar-refractivity contribution in [2.24, 2.45) is 20.0 Å². The van der Waals surface area contributed by atoms with E-state index in [-0.39, 0.29) is 34.7 Å². The molecule has 0 N–H and O–H groups in total. The van der Waals surface area contributed by atoms with Crippen molar-refractivity contribution < 1.29 is 4.42 Å². The van der Waals surface area contributed by atoms with Crippen LogP contribution in [0, 0.1) is 28.6 Å². The topological polar surface area (TPSA) is 124 Å². The first-order valence-corrected chi connectivity index (χ1v) is 13.7. The fraction of sp³-hybridized carbons (Fsp3) is 0.433. The van der Waals surface area contributed by atoms with E-state index in [1.54, 1.807) is 30.8 Å². The lowest BCUT2D eigenvalue weighted by Gasteiger charge is -2.41. The Balaban J connectivity index is 1.32. The number of anilines is 2. The lowest BCUT2D eigenvalue weighted by Crippen LogP contribution is -2.44. The number of para-hydroxylation sites is 1. The van der Waals surface area contributed by atoms with E-state index in [9.17, 15) is 20.1 Å². The smallest absolute Gasteiger partial charge is 0.405 e. The Morgan fingerprint density at radius 3 is 2.35 bits per heavy atom. The Kier molecular flexibility index (Phi) is 6.34. The molecule has 0 radical (unpaired) electrons. The normalized spacial score (nSPS) is 18.9. The number of nitrogens with zero attached hydrogens (tertiary/aromatic N) is 7. The summed E-state index contributed by atoms with van der Waals surface area (Å²) < 4.78 is 8.67. The number of hydrogen-bond acceptors (Lipinski definition) is 8. The molecule has 2 aliphatic carbocycles. The van der Waals surface area contributed by atoms with Gasteiger partial charge in [-0.25, -0.2) is 9.78 Å². The van der Waals surface area contributed by atoms with Crippen LogP contribution in [0.5, 0.6) is 0 Å². The minimum absolute atomic E-state index is 0.0448. The Labute approximate surface area is 231 Å². The van der Waals surface area contributed by atoms with Crippen LogP contribution in [-0.2, 0) is 14.1 Å². The maximum atomic E-state index is 13.1. The van der Waals surface area contributed by atoms with Crippen LogP contribution in [0.1, 0.15) is 49.8 Å². The van der Waals surface area contributed by atoms with Crippen LogP contribution in [0.2, 0.25) is 0 Å². The molecule has 4 aromatic rings. The summed E-state index contributed by atoms with van der Waals surface area (Å²) in [5.74, 6) is 0.290. The summed E-state index contributed by atoms with van der Waals surface area (Å²) in [6, 6.07) is 13.8. The van der Waals surface area contributed by atoms with Crippen molar-refractivity contribution in [3.63, 3.8) is 0 Å². The fourth-order valence-corrected chi connectivity index (χ4v) is 6.22. The Morgan fingerprint density at radius 2 is 1.68 bits per heavy atom. The number of oxazole rings is 1. The molecular weight excluding hydrogens is 506 g/mol. The number of aryl methyl sites for hydroxylation is 2. The van der Waals surface area contributed by atoms with E-state index in [1.165, 1.54) is 17.4 Å². The minimum Gasteiger partial charge on any atom is -0.405 e. The number of pyridine rings is 2. The molecule has 0 atom stereocenters. The third-order valence-electron chi connectivity index (χ3n) is 8.71. The number of nitriles is 2. The van der Waals surface area contributed by atoms with Gasteiger partial charge in [-0.2, -0.15) is 10.5 Å². The number of aromatic nitrogens is 3. The zero-order valence-corrected chi connectivity index (χ0v) is 22.9. The van der Waals surface area contributed by atoms with Crippen LogP contribution >= 0.6 is 0 Å². The van der Waals surface area contributed by atoms with E-state index in [0.29, 0.717) is 28.2 Å². The highest BCUT2D eigenvalue weighted by atomic mass is 16.4. The van der Waals surface area contributed by atoms with Crippen LogP contribution in [0.15, 0.2) is 44.3 Å². The molecule has 40 heavy (non-hydrogen) atoms. The molecule has 10 nitrogen and oxygen atoms in total.